The predicted molar refractivity (Wildman–Crippen MR) is 101 cm³/mol. The summed E-state index contributed by atoms with van der Waals surface area (Å²) in [5, 5.41) is 4.17. The van der Waals surface area contributed by atoms with Crippen LogP contribution in [0.25, 0.3) is 0 Å². The van der Waals surface area contributed by atoms with Crippen molar-refractivity contribution in [1.82, 2.24) is 14.8 Å². The highest BCUT2D eigenvalue weighted by atomic mass is 79.9. The third-order valence-corrected chi connectivity index (χ3v) is 4.35. The van der Waals surface area contributed by atoms with Crippen LogP contribution < -0.4 is 4.90 Å². The van der Waals surface area contributed by atoms with Crippen LogP contribution in [0.4, 0.5) is 5.69 Å². The zero-order valence-corrected chi connectivity index (χ0v) is 15.3. The van der Waals surface area contributed by atoms with E-state index in [1.807, 2.05) is 59.4 Å². The molecule has 0 aliphatic heterocycles. The van der Waals surface area contributed by atoms with Crippen molar-refractivity contribution in [3.05, 3.63) is 77.3 Å². The molecule has 0 fully saturated rings. The van der Waals surface area contributed by atoms with Crippen LogP contribution in [0.2, 0.25) is 0 Å². The second kappa shape index (κ2) is 8.58. The van der Waals surface area contributed by atoms with Gasteiger partial charge in [-0.05, 0) is 48.9 Å². The molecule has 2 aromatic heterocycles. The minimum atomic E-state index is 0.0835. The van der Waals surface area contributed by atoms with Gasteiger partial charge in [0, 0.05) is 41.7 Å². The van der Waals surface area contributed by atoms with Gasteiger partial charge < -0.3 is 4.90 Å². The van der Waals surface area contributed by atoms with Gasteiger partial charge in [0.15, 0.2) is 0 Å². The number of nitrogens with zero attached hydrogens (tertiary/aromatic N) is 4. The summed E-state index contributed by atoms with van der Waals surface area (Å²) in [6, 6.07) is 15.4. The fourth-order valence-corrected chi connectivity index (χ4v) is 2.82. The van der Waals surface area contributed by atoms with Crippen LogP contribution in [0.15, 0.2) is 71.6 Å². The Labute approximate surface area is 155 Å². The summed E-state index contributed by atoms with van der Waals surface area (Å²) in [4.78, 5) is 19.0. The van der Waals surface area contributed by atoms with E-state index in [2.05, 4.69) is 26.0 Å². The minimum Gasteiger partial charge on any atom is -0.306 e. The lowest BCUT2D eigenvalue weighted by atomic mass is 10.2. The molecule has 128 valence electrons. The topological polar surface area (TPSA) is 51.0 Å². The van der Waals surface area contributed by atoms with E-state index in [-0.39, 0.29) is 5.91 Å². The molecule has 0 aliphatic carbocycles. The lowest BCUT2D eigenvalue weighted by molar-refractivity contribution is -0.118. The molecule has 0 radical (unpaired) electrons. The van der Waals surface area contributed by atoms with Crippen molar-refractivity contribution in [2.24, 2.45) is 0 Å². The molecule has 0 N–H and O–H groups in total. The van der Waals surface area contributed by atoms with Crippen molar-refractivity contribution in [1.29, 1.82) is 0 Å². The van der Waals surface area contributed by atoms with Gasteiger partial charge in [-0.3, -0.25) is 14.5 Å². The Morgan fingerprint density at radius 1 is 1.08 bits per heavy atom. The van der Waals surface area contributed by atoms with Crippen molar-refractivity contribution in [3.8, 4) is 0 Å². The highest BCUT2D eigenvalue weighted by Gasteiger charge is 2.16. The Morgan fingerprint density at radius 3 is 2.60 bits per heavy atom. The number of benzene rings is 1. The van der Waals surface area contributed by atoms with Gasteiger partial charge in [-0.15, -0.1) is 0 Å². The molecule has 0 unspecified atom stereocenters. The lowest BCUT2D eigenvalue weighted by Gasteiger charge is -2.23. The Balaban J connectivity index is 1.70. The fourth-order valence-electron chi connectivity index (χ4n) is 2.56. The maximum absolute atomic E-state index is 12.8. The molecule has 1 aromatic carbocycles. The van der Waals surface area contributed by atoms with E-state index in [1.165, 1.54) is 0 Å². The maximum Gasteiger partial charge on any atom is 0.227 e. The summed E-state index contributed by atoms with van der Waals surface area (Å²) in [5.41, 5.74) is 1.74. The van der Waals surface area contributed by atoms with Crippen LogP contribution in [0.1, 0.15) is 18.5 Å². The highest BCUT2D eigenvalue weighted by Crippen LogP contribution is 2.21. The standard InChI is InChI=1S/C19H19BrN4O/c20-16-7-9-18(10-8-16)24(15-17-5-1-2-11-21-17)19(25)6-3-13-23-14-4-12-22-23/h1-2,4-5,7-12,14H,3,6,13,15H2. The molecule has 2 heterocycles. The first-order chi connectivity index (χ1) is 12.2. The van der Waals surface area contributed by atoms with E-state index in [9.17, 15) is 4.79 Å². The van der Waals surface area contributed by atoms with Gasteiger partial charge in [0.1, 0.15) is 0 Å². The molecular weight excluding hydrogens is 380 g/mol. The molecule has 0 aliphatic rings. The number of hydrogen-bond donors (Lipinski definition) is 0. The van der Waals surface area contributed by atoms with E-state index in [4.69, 9.17) is 0 Å². The molecule has 5 nitrogen and oxygen atoms in total. The number of rotatable bonds is 7. The normalized spacial score (nSPS) is 10.6. The molecule has 1 amide bonds. The maximum atomic E-state index is 12.8. The number of halogens is 1. The second-order valence-corrected chi connectivity index (χ2v) is 6.57. The molecular formula is C19H19BrN4O. The quantitative estimate of drug-likeness (QED) is 0.602. The zero-order chi connectivity index (χ0) is 17.5. The molecule has 0 spiro atoms. The largest absolute Gasteiger partial charge is 0.306 e. The molecule has 0 atom stereocenters. The van der Waals surface area contributed by atoms with Crippen LogP contribution in [0, 0.1) is 0 Å². The number of anilines is 1. The van der Waals surface area contributed by atoms with Crippen LogP contribution in [0.3, 0.4) is 0 Å². The fraction of sp³-hybridized carbons (Fsp3) is 0.211. The first kappa shape index (κ1) is 17.4. The summed E-state index contributed by atoms with van der Waals surface area (Å²) in [6.07, 6.45) is 6.61. The molecule has 3 aromatic rings. The van der Waals surface area contributed by atoms with E-state index in [0.29, 0.717) is 13.0 Å². The van der Waals surface area contributed by atoms with Gasteiger partial charge in [-0.1, -0.05) is 22.0 Å². The van der Waals surface area contributed by atoms with Crippen molar-refractivity contribution < 1.29 is 4.79 Å². The van der Waals surface area contributed by atoms with Gasteiger partial charge in [0.05, 0.1) is 12.2 Å². The second-order valence-electron chi connectivity index (χ2n) is 5.65. The average molecular weight is 399 g/mol. The predicted octanol–water partition coefficient (Wildman–Crippen LogP) is 4.05. The third-order valence-electron chi connectivity index (χ3n) is 3.82. The summed E-state index contributed by atoms with van der Waals surface area (Å²) < 4.78 is 2.83. The minimum absolute atomic E-state index is 0.0835. The van der Waals surface area contributed by atoms with Crippen LogP contribution in [-0.2, 0) is 17.9 Å². The van der Waals surface area contributed by atoms with Crippen LogP contribution in [0.5, 0.6) is 0 Å². The lowest BCUT2D eigenvalue weighted by Crippen LogP contribution is -2.30. The van der Waals surface area contributed by atoms with Crippen molar-refractivity contribution in [3.63, 3.8) is 0 Å². The smallest absolute Gasteiger partial charge is 0.227 e. The first-order valence-electron chi connectivity index (χ1n) is 8.15. The summed E-state index contributed by atoms with van der Waals surface area (Å²) in [7, 11) is 0. The van der Waals surface area contributed by atoms with Gasteiger partial charge in [-0.25, -0.2) is 0 Å². The summed E-state index contributed by atoms with van der Waals surface area (Å²) >= 11 is 3.44. The number of aromatic nitrogens is 3. The summed E-state index contributed by atoms with van der Waals surface area (Å²) in [5.74, 6) is 0.0835. The molecule has 0 saturated heterocycles. The van der Waals surface area contributed by atoms with E-state index in [0.717, 1.165) is 28.8 Å². The SMILES string of the molecule is O=C(CCCn1cccn1)N(Cc1ccccn1)c1ccc(Br)cc1. The average Bonchev–Trinajstić information content (AvgIpc) is 3.15. The highest BCUT2D eigenvalue weighted by molar-refractivity contribution is 9.10. The van der Waals surface area contributed by atoms with Crippen molar-refractivity contribution in [2.75, 3.05) is 4.90 Å². The zero-order valence-electron chi connectivity index (χ0n) is 13.8. The number of aryl methyl sites for hydroxylation is 1. The Morgan fingerprint density at radius 2 is 1.92 bits per heavy atom. The third kappa shape index (κ3) is 5.00. The van der Waals surface area contributed by atoms with Crippen LogP contribution >= 0.6 is 15.9 Å². The van der Waals surface area contributed by atoms with Gasteiger partial charge in [0.2, 0.25) is 5.91 Å². The van der Waals surface area contributed by atoms with Gasteiger partial charge >= 0.3 is 0 Å². The van der Waals surface area contributed by atoms with Gasteiger partial charge in [-0.2, -0.15) is 5.10 Å². The van der Waals surface area contributed by atoms with Crippen LogP contribution in [-0.4, -0.2) is 20.7 Å². The van der Waals surface area contributed by atoms with E-state index in [1.54, 1.807) is 17.3 Å². The number of hydrogen-bond acceptors (Lipinski definition) is 3. The first-order valence-corrected chi connectivity index (χ1v) is 8.95. The Hall–Kier alpha value is -2.47. The van der Waals surface area contributed by atoms with E-state index < -0.39 is 0 Å². The Kier molecular flexibility index (Phi) is 5.95. The number of carbonyl (C=O) groups is 1. The molecule has 0 bridgehead atoms. The number of carbonyl (C=O) groups excluding carboxylic acids is 1. The van der Waals surface area contributed by atoms with E-state index >= 15 is 0 Å². The summed E-state index contributed by atoms with van der Waals surface area (Å²) in [6.45, 7) is 1.19. The Bertz CT molecular complexity index is 788. The molecule has 25 heavy (non-hydrogen) atoms. The molecule has 3 rings (SSSR count). The van der Waals surface area contributed by atoms with Crippen molar-refractivity contribution >= 4 is 27.5 Å². The molecule has 6 heteroatoms. The van der Waals surface area contributed by atoms with Gasteiger partial charge in [0.25, 0.3) is 0 Å². The molecule has 0 saturated carbocycles. The monoisotopic (exact) mass is 398 g/mol. The van der Waals surface area contributed by atoms with Crippen molar-refractivity contribution in [2.45, 2.75) is 25.9 Å². The number of amides is 1. The number of pyridine rings is 1.